The minimum Gasteiger partial charge on any atom is -0.497 e. The SMILES string of the molecule is COc1ccc(Br)c(NC(=O)[C@@H]2CCC[C@@H]2CN)c1.Cl. The molecule has 0 unspecified atom stereocenters. The summed E-state index contributed by atoms with van der Waals surface area (Å²) in [5.74, 6) is 1.12. The van der Waals surface area contributed by atoms with Gasteiger partial charge >= 0.3 is 0 Å². The van der Waals surface area contributed by atoms with Crippen molar-refractivity contribution in [3.63, 3.8) is 0 Å². The van der Waals surface area contributed by atoms with Gasteiger partial charge in [-0.1, -0.05) is 6.42 Å². The van der Waals surface area contributed by atoms with Crippen LogP contribution in [-0.2, 0) is 4.79 Å². The van der Waals surface area contributed by atoms with Gasteiger partial charge in [0.15, 0.2) is 0 Å². The van der Waals surface area contributed by atoms with Crippen LogP contribution in [0.15, 0.2) is 22.7 Å². The number of halogens is 2. The molecule has 0 saturated heterocycles. The molecule has 1 aliphatic rings. The Morgan fingerprint density at radius 2 is 2.25 bits per heavy atom. The van der Waals surface area contributed by atoms with E-state index in [1.54, 1.807) is 7.11 Å². The van der Waals surface area contributed by atoms with Gasteiger partial charge in [-0.05, 0) is 53.4 Å². The predicted molar refractivity (Wildman–Crippen MR) is 86.5 cm³/mol. The lowest BCUT2D eigenvalue weighted by atomic mass is 9.95. The molecule has 0 aliphatic heterocycles. The number of amides is 1. The average molecular weight is 364 g/mol. The fraction of sp³-hybridized carbons (Fsp3) is 0.500. The Kier molecular flexibility index (Phi) is 6.79. The number of anilines is 1. The molecule has 0 aromatic heterocycles. The highest BCUT2D eigenvalue weighted by molar-refractivity contribution is 9.10. The van der Waals surface area contributed by atoms with Crippen LogP contribution in [-0.4, -0.2) is 19.6 Å². The second-order valence-electron chi connectivity index (χ2n) is 4.87. The zero-order valence-electron chi connectivity index (χ0n) is 11.4. The van der Waals surface area contributed by atoms with Crippen molar-refractivity contribution in [2.75, 3.05) is 19.0 Å². The Hall–Kier alpha value is -0.780. The summed E-state index contributed by atoms with van der Waals surface area (Å²) in [7, 11) is 1.61. The van der Waals surface area contributed by atoms with E-state index in [0.717, 1.165) is 35.2 Å². The topological polar surface area (TPSA) is 64.3 Å². The van der Waals surface area contributed by atoms with Crippen molar-refractivity contribution in [3.8, 4) is 5.75 Å². The smallest absolute Gasteiger partial charge is 0.227 e. The molecule has 3 N–H and O–H groups in total. The van der Waals surface area contributed by atoms with Gasteiger partial charge in [-0.25, -0.2) is 0 Å². The van der Waals surface area contributed by atoms with Gasteiger partial charge in [0.2, 0.25) is 5.91 Å². The van der Waals surface area contributed by atoms with Crippen molar-refractivity contribution in [2.45, 2.75) is 19.3 Å². The van der Waals surface area contributed by atoms with E-state index < -0.39 is 0 Å². The number of nitrogens with one attached hydrogen (secondary N) is 1. The van der Waals surface area contributed by atoms with E-state index in [9.17, 15) is 4.79 Å². The quantitative estimate of drug-likeness (QED) is 0.863. The number of nitrogens with two attached hydrogens (primary N) is 1. The largest absolute Gasteiger partial charge is 0.497 e. The van der Waals surface area contributed by atoms with E-state index in [-0.39, 0.29) is 24.2 Å². The maximum absolute atomic E-state index is 12.3. The molecule has 0 heterocycles. The summed E-state index contributed by atoms with van der Waals surface area (Å²) < 4.78 is 6.02. The molecule has 1 amide bonds. The number of carbonyl (C=O) groups excluding carboxylic acids is 1. The number of benzene rings is 1. The van der Waals surface area contributed by atoms with Gasteiger partial charge in [-0.15, -0.1) is 12.4 Å². The van der Waals surface area contributed by atoms with Gasteiger partial charge in [0.1, 0.15) is 5.75 Å². The zero-order valence-corrected chi connectivity index (χ0v) is 13.8. The van der Waals surface area contributed by atoms with Crippen LogP contribution < -0.4 is 15.8 Å². The minimum atomic E-state index is 0. The summed E-state index contributed by atoms with van der Waals surface area (Å²) in [6, 6.07) is 5.52. The maximum atomic E-state index is 12.3. The van der Waals surface area contributed by atoms with Crippen LogP contribution in [0.25, 0.3) is 0 Å². The van der Waals surface area contributed by atoms with Crippen molar-refractivity contribution in [1.29, 1.82) is 0 Å². The second kappa shape index (κ2) is 7.86. The summed E-state index contributed by atoms with van der Waals surface area (Å²) in [5.41, 5.74) is 6.46. The third-order valence-corrected chi connectivity index (χ3v) is 4.42. The highest BCUT2D eigenvalue weighted by Gasteiger charge is 2.32. The van der Waals surface area contributed by atoms with Crippen molar-refractivity contribution >= 4 is 39.9 Å². The summed E-state index contributed by atoms with van der Waals surface area (Å²) in [5, 5.41) is 2.97. The Balaban J connectivity index is 0.00000200. The Morgan fingerprint density at radius 1 is 1.50 bits per heavy atom. The molecule has 1 aliphatic carbocycles. The first-order valence-electron chi connectivity index (χ1n) is 6.50. The van der Waals surface area contributed by atoms with E-state index in [4.69, 9.17) is 10.5 Å². The van der Waals surface area contributed by atoms with Gasteiger partial charge in [0.05, 0.1) is 12.8 Å². The molecule has 4 nitrogen and oxygen atoms in total. The van der Waals surface area contributed by atoms with E-state index in [1.165, 1.54) is 0 Å². The summed E-state index contributed by atoms with van der Waals surface area (Å²) in [6.45, 7) is 0.581. The molecular weight excluding hydrogens is 344 g/mol. The Labute approximate surface area is 134 Å². The fourth-order valence-corrected chi connectivity index (χ4v) is 2.96. The number of carbonyl (C=O) groups is 1. The summed E-state index contributed by atoms with van der Waals surface area (Å²) >= 11 is 3.43. The number of hydrogen-bond donors (Lipinski definition) is 2. The molecular formula is C14H20BrClN2O2. The maximum Gasteiger partial charge on any atom is 0.227 e. The molecule has 0 radical (unpaired) electrons. The summed E-state index contributed by atoms with van der Waals surface area (Å²) in [6.07, 6.45) is 3.06. The van der Waals surface area contributed by atoms with Gasteiger partial charge in [-0.3, -0.25) is 4.79 Å². The van der Waals surface area contributed by atoms with Gasteiger partial charge in [-0.2, -0.15) is 0 Å². The lowest BCUT2D eigenvalue weighted by Crippen LogP contribution is -2.29. The van der Waals surface area contributed by atoms with Crippen LogP contribution in [0.5, 0.6) is 5.75 Å². The third-order valence-electron chi connectivity index (χ3n) is 3.73. The number of hydrogen-bond acceptors (Lipinski definition) is 3. The molecule has 2 rings (SSSR count). The van der Waals surface area contributed by atoms with E-state index in [1.807, 2.05) is 18.2 Å². The monoisotopic (exact) mass is 362 g/mol. The van der Waals surface area contributed by atoms with E-state index >= 15 is 0 Å². The first kappa shape index (κ1) is 17.3. The van der Waals surface area contributed by atoms with Crippen molar-refractivity contribution in [2.24, 2.45) is 17.6 Å². The third kappa shape index (κ3) is 3.87. The molecule has 20 heavy (non-hydrogen) atoms. The van der Waals surface area contributed by atoms with Crippen molar-refractivity contribution in [1.82, 2.24) is 0 Å². The Bertz CT molecular complexity index is 470. The first-order valence-corrected chi connectivity index (χ1v) is 7.29. The molecule has 1 fully saturated rings. The lowest BCUT2D eigenvalue weighted by Gasteiger charge is -2.18. The molecule has 0 bridgehead atoms. The summed E-state index contributed by atoms with van der Waals surface area (Å²) in [4.78, 5) is 12.3. The van der Waals surface area contributed by atoms with Crippen LogP contribution in [0.2, 0.25) is 0 Å². The molecule has 1 aromatic rings. The van der Waals surface area contributed by atoms with Crippen LogP contribution in [0.1, 0.15) is 19.3 Å². The van der Waals surface area contributed by atoms with Crippen LogP contribution in [0.3, 0.4) is 0 Å². The lowest BCUT2D eigenvalue weighted by molar-refractivity contribution is -0.120. The highest BCUT2D eigenvalue weighted by atomic mass is 79.9. The molecule has 0 spiro atoms. The van der Waals surface area contributed by atoms with E-state index in [2.05, 4.69) is 21.2 Å². The molecule has 1 saturated carbocycles. The molecule has 2 atom stereocenters. The minimum absolute atomic E-state index is 0. The van der Waals surface area contributed by atoms with Crippen LogP contribution >= 0.6 is 28.3 Å². The van der Waals surface area contributed by atoms with Gasteiger partial charge in [0.25, 0.3) is 0 Å². The molecule has 1 aromatic carbocycles. The Morgan fingerprint density at radius 3 is 2.90 bits per heavy atom. The number of rotatable bonds is 4. The number of methoxy groups -OCH3 is 1. The fourth-order valence-electron chi connectivity index (χ4n) is 2.62. The standard InChI is InChI=1S/C14H19BrN2O2.ClH/c1-19-10-5-6-12(15)13(7-10)17-14(18)11-4-2-3-9(11)8-16;/h5-7,9,11H,2-4,8,16H2,1H3,(H,17,18);1H/t9-,11-;/m1./s1. The highest BCUT2D eigenvalue weighted by Crippen LogP contribution is 2.33. The average Bonchev–Trinajstić information content (AvgIpc) is 2.89. The van der Waals surface area contributed by atoms with Gasteiger partial charge < -0.3 is 15.8 Å². The molecule has 112 valence electrons. The normalized spacial score (nSPS) is 21.1. The van der Waals surface area contributed by atoms with Gasteiger partial charge in [0, 0.05) is 16.5 Å². The number of ether oxygens (including phenoxy) is 1. The predicted octanol–water partition coefficient (Wildman–Crippen LogP) is 3.19. The van der Waals surface area contributed by atoms with Crippen molar-refractivity contribution in [3.05, 3.63) is 22.7 Å². The van der Waals surface area contributed by atoms with Crippen LogP contribution in [0, 0.1) is 11.8 Å². The van der Waals surface area contributed by atoms with Crippen LogP contribution in [0.4, 0.5) is 5.69 Å². The van der Waals surface area contributed by atoms with E-state index in [0.29, 0.717) is 12.5 Å². The first-order chi connectivity index (χ1) is 9.15. The molecule has 6 heteroatoms. The second-order valence-corrected chi connectivity index (χ2v) is 5.72. The zero-order chi connectivity index (χ0) is 13.8. The van der Waals surface area contributed by atoms with Crippen molar-refractivity contribution < 1.29 is 9.53 Å².